The summed E-state index contributed by atoms with van der Waals surface area (Å²) in [6, 6.07) is 12.1. The summed E-state index contributed by atoms with van der Waals surface area (Å²) in [5, 5.41) is 6.30. The van der Waals surface area contributed by atoms with E-state index >= 15 is 0 Å². The largest absolute Gasteiger partial charge is 0.476 e. The van der Waals surface area contributed by atoms with Crippen LogP contribution in [0.25, 0.3) is 0 Å². The summed E-state index contributed by atoms with van der Waals surface area (Å²) in [5.74, 6) is 11.3. The Balaban J connectivity index is 1.93. The first-order valence-electron chi connectivity index (χ1n) is 8.05. The zero-order chi connectivity index (χ0) is 19.8. The Bertz CT molecular complexity index is 796. The topological polar surface area (TPSA) is 106 Å². The second-order valence-corrected chi connectivity index (χ2v) is 6.19. The third kappa shape index (κ3) is 5.85. The maximum atomic E-state index is 12.0. The summed E-state index contributed by atoms with van der Waals surface area (Å²) in [4.78, 5) is 17.3. The van der Waals surface area contributed by atoms with E-state index in [0.29, 0.717) is 22.9 Å². The van der Waals surface area contributed by atoms with Gasteiger partial charge in [0.1, 0.15) is 13.2 Å². The molecular formula is C18H22ClN5O3. The Morgan fingerprint density at radius 2 is 1.89 bits per heavy atom. The molecule has 0 aliphatic heterocycles. The number of hydrogen-bond donors (Lipinski definition) is 2. The Hall–Kier alpha value is -2.81. The van der Waals surface area contributed by atoms with Crippen molar-refractivity contribution < 1.29 is 14.4 Å². The summed E-state index contributed by atoms with van der Waals surface area (Å²) >= 11 is 5.83. The number of ether oxygens (including phenoxy) is 1. The average molecular weight is 392 g/mol. The average Bonchev–Trinajstić information content (AvgIpc) is 2.65. The summed E-state index contributed by atoms with van der Waals surface area (Å²) in [5.41, 5.74) is 3.04. The van der Waals surface area contributed by atoms with Gasteiger partial charge in [0.05, 0.1) is 5.69 Å². The smallest absolute Gasteiger partial charge is 0.352 e. The van der Waals surface area contributed by atoms with Gasteiger partial charge in [0.2, 0.25) is 6.40 Å². The predicted molar refractivity (Wildman–Crippen MR) is 105 cm³/mol. The lowest BCUT2D eigenvalue weighted by atomic mass is 10.1. The summed E-state index contributed by atoms with van der Waals surface area (Å²) in [7, 11) is 1.41. The van der Waals surface area contributed by atoms with Crippen molar-refractivity contribution in [3.05, 3.63) is 64.2 Å². The maximum absolute atomic E-state index is 12.0. The molecule has 0 atom stereocenters. The highest BCUT2D eigenvalue weighted by atomic mass is 35.5. The quantitative estimate of drug-likeness (QED) is 0.248. The van der Waals surface area contributed by atoms with Gasteiger partial charge in [-0.25, -0.2) is 21.5 Å². The van der Waals surface area contributed by atoms with E-state index in [1.807, 2.05) is 25.1 Å². The van der Waals surface area contributed by atoms with E-state index in [4.69, 9.17) is 32.9 Å². The van der Waals surface area contributed by atoms with Crippen LogP contribution in [0, 0.1) is 6.92 Å². The first-order valence-corrected chi connectivity index (χ1v) is 8.43. The van der Waals surface area contributed by atoms with Gasteiger partial charge in [0, 0.05) is 17.6 Å². The van der Waals surface area contributed by atoms with Crippen LogP contribution in [0.3, 0.4) is 0 Å². The first kappa shape index (κ1) is 20.5. The second kappa shape index (κ2) is 9.77. The zero-order valence-electron chi connectivity index (χ0n) is 15.1. The lowest BCUT2D eigenvalue weighted by molar-refractivity contribution is 0.121. The van der Waals surface area contributed by atoms with E-state index in [0.717, 1.165) is 21.1 Å². The molecular weight excluding hydrogens is 370 g/mol. The Labute approximate surface area is 162 Å². The number of halogens is 1. The molecule has 0 saturated heterocycles. The molecule has 2 rings (SSSR count). The minimum absolute atomic E-state index is 0.109. The fraction of sp³-hybridized carbons (Fsp3) is 0.222. The molecule has 2 aromatic carbocycles. The standard InChI is InChI=1S/C18H22ClN5O3/c1-13-4-3-5-17(24(21)18(25)23(2)20)16(13)11-27-22-12-26-10-14-6-8-15(19)9-7-14/h3-9,12H,10-11,20-21H2,1-2H3/b22-12-. The molecule has 0 aromatic heterocycles. The molecule has 0 aliphatic carbocycles. The third-order valence-electron chi connectivity index (χ3n) is 3.72. The lowest BCUT2D eigenvalue weighted by Crippen LogP contribution is -2.49. The fourth-order valence-corrected chi connectivity index (χ4v) is 2.38. The summed E-state index contributed by atoms with van der Waals surface area (Å²) < 4.78 is 5.30. The van der Waals surface area contributed by atoms with Crippen molar-refractivity contribution in [3.8, 4) is 0 Å². The second-order valence-electron chi connectivity index (χ2n) is 5.76. The van der Waals surface area contributed by atoms with Gasteiger partial charge in [-0.2, -0.15) is 0 Å². The molecule has 27 heavy (non-hydrogen) atoms. The number of hydrogen-bond acceptors (Lipinski definition) is 6. The van der Waals surface area contributed by atoms with E-state index < -0.39 is 6.03 Å². The molecule has 0 fully saturated rings. The molecule has 0 saturated carbocycles. The molecule has 144 valence electrons. The van der Waals surface area contributed by atoms with Crippen LogP contribution in [-0.2, 0) is 22.8 Å². The molecule has 0 heterocycles. The van der Waals surface area contributed by atoms with E-state index in [9.17, 15) is 4.79 Å². The number of carbonyl (C=O) groups is 1. The Kier molecular flexibility index (Phi) is 7.42. The van der Waals surface area contributed by atoms with Gasteiger partial charge >= 0.3 is 6.03 Å². The number of oxime groups is 1. The van der Waals surface area contributed by atoms with Gasteiger partial charge in [0.15, 0.2) is 0 Å². The zero-order valence-corrected chi connectivity index (χ0v) is 15.9. The van der Waals surface area contributed by atoms with Crippen molar-refractivity contribution in [1.29, 1.82) is 0 Å². The number of rotatable bonds is 7. The molecule has 2 amide bonds. The number of carbonyl (C=O) groups excluding carboxylic acids is 1. The number of amides is 2. The highest BCUT2D eigenvalue weighted by Gasteiger charge is 2.18. The molecule has 0 unspecified atom stereocenters. The van der Waals surface area contributed by atoms with Crippen molar-refractivity contribution in [2.45, 2.75) is 20.1 Å². The molecule has 0 aliphatic rings. The number of nitrogens with zero attached hydrogens (tertiary/aromatic N) is 3. The van der Waals surface area contributed by atoms with E-state index in [-0.39, 0.29) is 6.61 Å². The number of aryl methyl sites for hydroxylation is 1. The van der Waals surface area contributed by atoms with E-state index in [1.165, 1.54) is 13.4 Å². The summed E-state index contributed by atoms with van der Waals surface area (Å²) in [6.45, 7) is 2.33. The molecule has 8 nitrogen and oxygen atoms in total. The summed E-state index contributed by atoms with van der Waals surface area (Å²) in [6.07, 6.45) is 1.21. The van der Waals surface area contributed by atoms with Crippen molar-refractivity contribution in [1.82, 2.24) is 5.01 Å². The highest BCUT2D eigenvalue weighted by molar-refractivity contribution is 6.30. The number of anilines is 1. The first-order chi connectivity index (χ1) is 12.9. The predicted octanol–water partition coefficient (Wildman–Crippen LogP) is 2.93. The van der Waals surface area contributed by atoms with Crippen LogP contribution >= 0.6 is 11.6 Å². The van der Waals surface area contributed by atoms with Crippen LogP contribution in [0.15, 0.2) is 47.6 Å². The Morgan fingerprint density at radius 1 is 1.19 bits per heavy atom. The van der Waals surface area contributed by atoms with Crippen LogP contribution < -0.4 is 16.7 Å². The number of hydrazine groups is 2. The van der Waals surface area contributed by atoms with Crippen molar-refractivity contribution in [2.75, 3.05) is 12.1 Å². The normalized spacial score (nSPS) is 10.7. The minimum atomic E-state index is -0.559. The lowest BCUT2D eigenvalue weighted by Gasteiger charge is -2.23. The van der Waals surface area contributed by atoms with E-state index in [2.05, 4.69) is 5.16 Å². The van der Waals surface area contributed by atoms with Gasteiger partial charge in [-0.15, -0.1) is 0 Å². The Morgan fingerprint density at radius 3 is 2.56 bits per heavy atom. The number of urea groups is 1. The van der Waals surface area contributed by atoms with Gasteiger partial charge < -0.3 is 9.57 Å². The van der Waals surface area contributed by atoms with Crippen molar-refractivity contribution in [3.63, 3.8) is 0 Å². The monoisotopic (exact) mass is 391 g/mol. The van der Waals surface area contributed by atoms with Crippen molar-refractivity contribution in [2.24, 2.45) is 16.8 Å². The van der Waals surface area contributed by atoms with E-state index in [1.54, 1.807) is 24.3 Å². The minimum Gasteiger partial charge on any atom is -0.476 e. The third-order valence-corrected chi connectivity index (χ3v) is 3.97. The van der Waals surface area contributed by atoms with Crippen LogP contribution in [0.5, 0.6) is 0 Å². The van der Waals surface area contributed by atoms with Gasteiger partial charge in [-0.3, -0.25) is 5.01 Å². The van der Waals surface area contributed by atoms with Crippen LogP contribution in [0.1, 0.15) is 16.7 Å². The van der Waals surface area contributed by atoms with Crippen LogP contribution in [-0.4, -0.2) is 24.5 Å². The fourth-order valence-electron chi connectivity index (χ4n) is 2.25. The molecule has 0 bridgehead atoms. The molecule has 2 aromatic rings. The van der Waals surface area contributed by atoms with Crippen LogP contribution in [0.4, 0.5) is 10.5 Å². The molecule has 4 N–H and O–H groups in total. The van der Waals surface area contributed by atoms with Crippen LogP contribution in [0.2, 0.25) is 5.02 Å². The maximum Gasteiger partial charge on any atom is 0.352 e. The van der Waals surface area contributed by atoms with Gasteiger partial charge in [0.25, 0.3) is 0 Å². The van der Waals surface area contributed by atoms with Crippen molar-refractivity contribution >= 4 is 29.7 Å². The van der Waals surface area contributed by atoms with Gasteiger partial charge in [-0.05, 0) is 36.2 Å². The molecule has 9 heteroatoms. The highest BCUT2D eigenvalue weighted by Crippen LogP contribution is 2.23. The number of nitrogens with two attached hydrogens (primary N) is 2. The molecule has 0 radical (unpaired) electrons. The SMILES string of the molecule is Cc1cccc(N(N)C(=O)N(C)N)c1CO/N=C\OCc1ccc(Cl)cc1. The van der Waals surface area contributed by atoms with Gasteiger partial charge in [-0.1, -0.05) is 41.0 Å². The molecule has 0 spiro atoms. The number of benzene rings is 2.